The van der Waals surface area contributed by atoms with Crippen molar-refractivity contribution in [2.45, 2.75) is 63.6 Å². The molecule has 3 atom stereocenters. The summed E-state index contributed by atoms with van der Waals surface area (Å²) in [6, 6.07) is 11.7. The van der Waals surface area contributed by atoms with Gasteiger partial charge in [-0.15, -0.1) is 0 Å². The van der Waals surface area contributed by atoms with E-state index in [1.165, 1.54) is 55.3 Å². The highest BCUT2D eigenvalue weighted by atomic mass is 16.5. The predicted octanol–water partition coefficient (Wildman–Crippen LogP) is 4.09. The van der Waals surface area contributed by atoms with Crippen molar-refractivity contribution < 1.29 is 9.53 Å². The third kappa shape index (κ3) is 4.03. The van der Waals surface area contributed by atoms with Gasteiger partial charge in [0.1, 0.15) is 11.4 Å². The van der Waals surface area contributed by atoms with Crippen molar-refractivity contribution in [2.24, 2.45) is 11.8 Å². The first-order chi connectivity index (χ1) is 15.6. The Kier molecular flexibility index (Phi) is 5.17. The Balaban J connectivity index is 1.07. The van der Waals surface area contributed by atoms with Crippen LogP contribution >= 0.6 is 0 Å². The molecule has 32 heavy (non-hydrogen) atoms. The van der Waals surface area contributed by atoms with Crippen LogP contribution in [0.15, 0.2) is 36.5 Å². The zero-order valence-electron chi connectivity index (χ0n) is 19.0. The van der Waals surface area contributed by atoms with E-state index < -0.39 is 0 Å². The van der Waals surface area contributed by atoms with Gasteiger partial charge in [-0.25, -0.2) is 4.98 Å². The topological polar surface area (TPSA) is 45.7 Å². The molecule has 2 aromatic rings. The van der Waals surface area contributed by atoms with Crippen LogP contribution in [0.3, 0.4) is 0 Å². The molecule has 2 bridgehead atoms. The van der Waals surface area contributed by atoms with Crippen LogP contribution < -0.4 is 4.74 Å². The third-order valence-corrected chi connectivity index (χ3v) is 8.10. The first kappa shape index (κ1) is 20.2. The lowest BCUT2D eigenvalue weighted by atomic mass is 10.0. The number of likely N-dealkylation sites (tertiary alicyclic amines) is 1. The lowest BCUT2D eigenvalue weighted by molar-refractivity contribution is 0.0731. The van der Waals surface area contributed by atoms with Crippen molar-refractivity contribution in [3.05, 3.63) is 58.9 Å². The largest absolute Gasteiger partial charge is 0.492 e. The predicted molar refractivity (Wildman–Crippen MR) is 124 cm³/mol. The fourth-order valence-electron chi connectivity index (χ4n) is 5.91. The maximum atomic E-state index is 13.1. The Labute approximate surface area is 190 Å². The monoisotopic (exact) mass is 431 g/mol. The molecule has 3 fully saturated rings. The number of hydrogen-bond donors (Lipinski definition) is 0. The summed E-state index contributed by atoms with van der Waals surface area (Å²) in [7, 11) is 1.92. The van der Waals surface area contributed by atoms with E-state index >= 15 is 0 Å². The van der Waals surface area contributed by atoms with Gasteiger partial charge < -0.3 is 9.64 Å². The minimum Gasteiger partial charge on any atom is -0.492 e. The summed E-state index contributed by atoms with van der Waals surface area (Å²) in [4.78, 5) is 22.0. The number of carbonyl (C=O) groups is 1. The Bertz CT molecular complexity index is 1000. The first-order valence-corrected chi connectivity index (χ1v) is 12.3. The number of piperidine rings is 1. The maximum Gasteiger partial charge on any atom is 0.272 e. The zero-order chi connectivity index (χ0) is 21.7. The number of pyridine rings is 1. The summed E-state index contributed by atoms with van der Waals surface area (Å²) in [5.41, 5.74) is 4.72. The molecule has 2 saturated carbocycles. The van der Waals surface area contributed by atoms with Crippen molar-refractivity contribution in [1.82, 2.24) is 14.8 Å². The summed E-state index contributed by atoms with van der Waals surface area (Å²) in [6.07, 6.45) is 10.3. The number of nitrogens with zero attached hydrogens (tertiary/aromatic N) is 3. The van der Waals surface area contributed by atoms with Crippen LogP contribution in [0.1, 0.15) is 59.3 Å². The SMILES string of the molecule is CN(C(=O)c1ccc(OCC2CC2)cn1)[C@@H]1Cc2ccc(CN3C[C@@H]4CC[C@H]3C4)cc2C1. The van der Waals surface area contributed by atoms with Crippen LogP contribution in [0.25, 0.3) is 0 Å². The van der Waals surface area contributed by atoms with Crippen LogP contribution in [-0.2, 0) is 19.4 Å². The number of benzene rings is 1. The van der Waals surface area contributed by atoms with E-state index in [4.69, 9.17) is 4.74 Å². The molecule has 0 unspecified atom stereocenters. The number of rotatable bonds is 7. The fraction of sp³-hybridized carbons (Fsp3) is 0.556. The van der Waals surface area contributed by atoms with E-state index in [2.05, 4.69) is 28.1 Å². The molecular formula is C27H33N3O2. The van der Waals surface area contributed by atoms with Crippen LogP contribution in [0.2, 0.25) is 0 Å². The third-order valence-electron chi connectivity index (χ3n) is 8.10. The molecule has 1 amide bonds. The van der Waals surface area contributed by atoms with E-state index in [1.54, 1.807) is 12.3 Å². The van der Waals surface area contributed by atoms with E-state index in [-0.39, 0.29) is 11.9 Å². The van der Waals surface area contributed by atoms with Crippen LogP contribution in [0.4, 0.5) is 0 Å². The van der Waals surface area contributed by atoms with Gasteiger partial charge in [0.25, 0.3) is 5.91 Å². The smallest absolute Gasteiger partial charge is 0.272 e. The Morgan fingerprint density at radius 2 is 2.00 bits per heavy atom. The highest BCUT2D eigenvalue weighted by molar-refractivity contribution is 5.92. The van der Waals surface area contributed by atoms with E-state index in [0.717, 1.165) is 43.7 Å². The summed E-state index contributed by atoms with van der Waals surface area (Å²) < 4.78 is 5.75. The number of amides is 1. The standard InChI is InChI=1S/C27H33N3O2/c1-29(27(31)26-9-8-25(14-28-26)32-17-18-2-3-18)24-12-21-6-4-19(10-22(21)13-24)15-30-16-20-5-7-23(30)11-20/h4,6,8-10,14,18,20,23-24H,2-3,5,7,11-13,15-17H2,1H3/t20-,23+,24-/m1/s1. The van der Waals surface area contributed by atoms with Crippen molar-refractivity contribution >= 4 is 5.91 Å². The van der Waals surface area contributed by atoms with Gasteiger partial charge in [0.15, 0.2) is 0 Å². The van der Waals surface area contributed by atoms with Gasteiger partial charge in [-0.2, -0.15) is 0 Å². The quantitative estimate of drug-likeness (QED) is 0.662. The molecule has 1 aliphatic heterocycles. The Morgan fingerprint density at radius 3 is 2.72 bits per heavy atom. The Morgan fingerprint density at radius 1 is 1.12 bits per heavy atom. The van der Waals surface area contributed by atoms with Crippen LogP contribution in [-0.4, -0.2) is 53.0 Å². The number of ether oxygens (including phenoxy) is 1. The minimum atomic E-state index is -0.00938. The van der Waals surface area contributed by atoms with Crippen molar-refractivity contribution in [1.29, 1.82) is 0 Å². The molecule has 1 saturated heterocycles. The number of likely N-dealkylation sites (N-methyl/N-ethyl adjacent to an activating group) is 1. The fourth-order valence-corrected chi connectivity index (χ4v) is 5.91. The summed E-state index contributed by atoms with van der Waals surface area (Å²) >= 11 is 0. The lowest BCUT2D eigenvalue weighted by Crippen LogP contribution is -2.38. The molecule has 4 aliphatic rings. The molecule has 2 heterocycles. The summed E-state index contributed by atoms with van der Waals surface area (Å²) in [6.45, 7) is 3.11. The first-order valence-electron chi connectivity index (χ1n) is 12.3. The molecular weight excluding hydrogens is 398 g/mol. The van der Waals surface area contributed by atoms with Crippen molar-refractivity contribution in [3.8, 4) is 5.75 Å². The van der Waals surface area contributed by atoms with Crippen molar-refractivity contribution in [3.63, 3.8) is 0 Å². The number of aromatic nitrogens is 1. The molecule has 0 spiro atoms. The maximum absolute atomic E-state index is 13.1. The van der Waals surface area contributed by atoms with Crippen molar-refractivity contribution in [2.75, 3.05) is 20.2 Å². The summed E-state index contributed by atoms with van der Waals surface area (Å²) in [5, 5.41) is 0. The van der Waals surface area contributed by atoms with Gasteiger partial charge in [-0.05, 0) is 85.6 Å². The summed E-state index contributed by atoms with van der Waals surface area (Å²) in [5.74, 6) is 2.39. The number of hydrogen-bond acceptors (Lipinski definition) is 4. The molecule has 0 N–H and O–H groups in total. The van der Waals surface area contributed by atoms with Gasteiger partial charge in [0.05, 0.1) is 12.8 Å². The molecule has 168 valence electrons. The highest BCUT2D eigenvalue weighted by Crippen LogP contribution is 2.38. The molecule has 5 heteroatoms. The van der Waals surface area contributed by atoms with E-state index in [0.29, 0.717) is 11.6 Å². The van der Waals surface area contributed by atoms with Gasteiger partial charge in [-0.1, -0.05) is 18.2 Å². The van der Waals surface area contributed by atoms with Crippen LogP contribution in [0, 0.1) is 11.8 Å². The average molecular weight is 432 g/mol. The van der Waals surface area contributed by atoms with E-state index in [9.17, 15) is 4.79 Å². The molecule has 1 aromatic carbocycles. The van der Waals surface area contributed by atoms with Gasteiger partial charge >= 0.3 is 0 Å². The second kappa shape index (κ2) is 8.18. The average Bonchev–Trinajstić information content (AvgIpc) is 3.19. The zero-order valence-corrected chi connectivity index (χ0v) is 19.0. The highest BCUT2D eigenvalue weighted by Gasteiger charge is 2.37. The molecule has 6 rings (SSSR count). The lowest BCUT2D eigenvalue weighted by Gasteiger charge is -2.26. The van der Waals surface area contributed by atoms with Gasteiger partial charge in [0.2, 0.25) is 0 Å². The normalized spacial score (nSPS) is 26.3. The van der Waals surface area contributed by atoms with Gasteiger partial charge in [-0.3, -0.25) is 9.69 Å². The molecule has 1 aromatic heterocycles. The number of carbonyl (C=O) groups excluding carboxylic acids is 1. The Hall–Kier alpha value is -2.40. The van der Waals surface area contributed by atoms with Crippen LogP contribution in [0.5, 0.6) is 5.75 Å². The number of fused-ring (bicyclic) bond motifs is 3. The minimum absolute atomic E-state index is 0.00938. The van der Waals surface area contributed by atoms with E-state index in [1.807, 2.05) is 18.0 Å². The second-order valence-electron chi connectivity index (χ2n) is 10.5. The second-order valence-corrected chi connectivity index (χ2v) is 10.5. The molecule has 3 aliphatic carbocycles. The van der Waals surface area contributed by atoms with Gasteiger partial charge in [0, 0.05) is 32.2 Å². The molecule has 5 nitrogen and oxygen atoms in total. The molecule has 0 radical (unpaired) electrons.